The minimum absolute atomic E-state index is 0.0645. The van der Waals surface area contributed by atoms with Crippen LogP contribution in [0.3, 0.4) is 0 Å². The van der Waals surface area contributed by atoms with Crippen molar-refractivity contribution < 1.29 is 31.3 Å². The van der Waals surface area contributed by atoms with E-state index in [9.17, 15) is 17.7 Å². The summed E-state index contributed by atoms with van der Waals surface area (Å²) in [5.74, 6) is -1.58. The Bertz CT molecular complexity index is 706. The maximum Gasteiger partial charge on any atom is 0.471 e. The van der Waals surface area contributed by atoms with E-state index in [0.29, 0.717) is 11.1 Å². The van der Waals surface area contributed by atoms with Gasteiger partial charge in [0.25, 0.3) is 0 Å². The van der Waals surface area contributed by atoms with Crippen LogP contribution in [0.5, 0.6) is 0 Å². The zero-order chi connectivity index (χ0) is 17.8. The van der Waals surface area contributed by atoms with E-state index in [1.165, 1.54) is 12.1 Å². The van der Waals surface area contributed by atoms with Crippen LogP contribution in [-0.4, -0.2) is 23.4 Å². The number of hydrogen-bond acceptors (Lipinski definition) is 6. The summed E-state index contributed by atoms with van der Waals surface area (Å²) >= 11 is 0. The lowest BCUT2D eigenvalue weighted by Crippen LogP contribution is -2.04. The summed E-state index contributed by atoms with van der Waals surface area (Å²) in [7, 11) is -3.24. The molecular formula is C14H16F3N2O4P. The van der Waals surface area contributed by atoms with Crippen LogP contribution in [0.15, 0.2) is 28.8 Å². The summed E-state index contributed by atoms with van der Waals surface area (Å²) in [6, 6.07) is 6.23. The molecule has 24 heavy (non-hydrogen) atoms. The molecule has 6 nitrogen and oxygen atoms in total. The molecule has 0 aliphatic rings. The topological polar surface area (TPSA) is 74.5 Å². The number of alkyl halides is 3. The second-order valence-corrected chi connectivity index (χ2v) is 6.78. The summed E-state index contributed by atoms with van der Waals surface area (Å²) in [4.78, 5) is 3.31. The van der Waals surface area contributed by atoms with E-state index in [2.05, 4.69) is 14.7 Å². The molecule has 1 heterocycles. The van der Waals surface area contributed by atoms with Gasteiger partial charge in [-0.15, -0.1) is 0 Å². The minimum Gasteiger partial charge on any atom is -0.329 e. The van der Waals surface area contributed by atoms with Crippen molar-refractivity contribution in [3.63, 3.8) is 0 Å². The van der Waals surface area contributed by atoms with Crippen LogP contribution < -0.4 is 0 Å². The first kappa shape index (κ1) is 18.6. The Kier molecular flexibility index (Phi) is 5.79. The Morgan fingerprint density at radius 3 is 2.17 bits per heavy atom. The first-order chi connectivity index (χ1) is 11.3. The predicted octanol–water partition coefficient (Wildman–Crippen LogP) is 4.52. The molecule has 10 heteroatoms. The van der Waals surface area contributed by atoms with Crippen LogP contribution in [-0.2, 0) is 26.0 Å². The van der Waals surface area contributed by atoms with Gasteiger partial charge < -0.3 is 13.6 Å². The average Bonchev–Trinajstić information content (AvgIpc) is 2.98. The van der Waals surface area contributed by atoms with E-state index < -0.39 is 19.7 Å². The molecule has 0 atom stereocenters. The highest BCUT2D eigenvalue weighted by atomic mass is 31.2. The SMILES string of the molecule is CCOP(=O)(Cc1ccc(-c2noc(C(F)(F)F)n2)cc1)OCC. The number of halogens is 3. The van der Waals surface area contributed by atoms with Crippen LogP contribution in [0, 0.1) is 0 Å². The molecule has 1 aromatic heterocycles. The second-order valence-electron chi connectivity index (χ2n) is 4.72. The van der Waals surface area contributed by atoms with Gasteiger partial charge in [-0.1, -0.05) is 29.4 Å². The van der Waals surface area contributed by atoms with Crippen LogP contribution >= 0.6 is 7.60 Å². The molecule has 2 rings (SSSR count). The molecule has 0 saturated heterocycles. The van der Waals surface area contributed by atoms with Gasteiger partial charge in [0.15, 0.2) is 0 Å². The number of nitrogens with zero attached hydrogens (tertiary/aromatic N) is 2. The van der Waals surface area contributed by atoms with Crippen molar-refractivity contribution in [3.05, 3.63) is 35.7 Å². The number of rotatable bonds is 7. The van der Waals surface area contributed by atoms with Gasteiger partial charge in [-0.25, -0.2) is 0 Å². The highest BCUT2D eigenvalue weighted by Crippen LogP contribution is 2.51. The largest absolute Gasteiger partial charge is 0.471 e. The zero-order valence-electron chi connectivity index (χ0n) is 13.0. The number of hydrogen-bond donors (Lipinski definition) is 0. The molecule has 0 amide bonds. The van der Waals surface area contributed by atoms with Gasteiger partial charge in [-0.3, -0.25) is 4.57 Å². The van der Waals surface area contributed by atoms with E-state index in [4.69, 9.17) is 9.05 Å². The quantitative estimate of drug-likeness (QED) is 0.673. The third-order valence-corrected chi connectivity index (χ3v) is 4.96. The van der Waals surface area contributed by atoms with Crippen LogP contribution in [0.2, 0.25) is 0 Å². The van der Waals surface area contributed by atoms with Gasteiger partial charge in [-0.05, 0) is 19.4 Å². The van der Waals surface area contributed by atoms with Crippen molar-refractivity contribution in [2.45, 2.75) is 26.2 Å². The summed E-state index contributed by atoms with van der Waals surface area (Å²) in [5.41, 5.74) is 1.00. The van der Waals surface area contributed by atoms with Crippen molar-refractivity contribution in [2.24, 2.45) is 0 Å². The summed E-state index contributed by atoms with van der Waals surface area (Å²) in [6.07, 6.45) is -4.62. The summed E-state index contributed by atoms with van der Waals surface area (Å²) in [6.45, 7) is 3.92. The van der Waals surface area contributed by atoms with Crippen LogP contribution in [0.1, 0.15) is 25.3 Å². The maximum absolute atomic E-state index is 12.5. The fourth-order valence-corrected chi connectivity index (χ4v) is 3.66. The summed E-state index contributed by atoms with van der Waals surface area (Å²) in [5, 5.41) is 3.31. The molecule has 0 fully saturated rings. The lowest BCUT2D eigenvalue weighted by atomic mass is 10.1. The van der Waals surface area contributed by atoms with E-state index in [1.54, 1.807) is 26.0 Å². The molecule has 0 aliphatic heterocycles. The Balaban J connectivity index is 2.16. The van der Waals surface area contributed by atoms with Gasteiger partial charge in [0.1, 0.15) is 0 Å². The Hall–Kier alpha value is -1.70. The fraction of sp³-hybridized carbons (Fsp3) is 0.429. The molecule has 1 aromatic carbocycles. The van der Waals surface area contributed by atoms with Crippen molar-refractivity contribution in [2.75, 3.05) is 13.2 Å². The van der Waals surface area contributed by atoms with Gasteiger partial charge in [0.2, 0.25) is 5.82 Å². The highest BCUT2D eigenvalue weighted by Gasteiger charge is 2.38. The monoisotopic (exact) mass is 364 g/mol. The second kappa shape index (κ2) is 7.46. The number of benzene rings is 1. The van der Waals surface area contributed by atoms with E-state index >= 15 is 0 Å². The van der Waals surface area contributed by atoms with Crippen molar-refractivity contribution in [1.82, 2.24) is 10.1 Å². The van der Waals surface area contributed by atoms with E-state index in [0.717, 1.165) is 0 Å². The lowest BCUT2D eigenvalue weighted by Gasteiger charge is -2.16. The molecule has 0 unspecified atom stereocenters. The lowest BCUT2D eigenvalue weighted by molar-refractivity contribution is -0.159. The highest BCUT2D eigenvalue weighted by molar-refractivity contribution is 7.53. The molecule has 0 saturated carbocycles. The van der Waals surface area contributed by atoms with Gasteiger partial charge >= 0.3 is 19.7 Å². The van der Waals surface area contributed by atoms with E-state index in [-0.39, 0.29) is 25.2 Å². The third kappa shape index (κ3) is 4.66. The molecule has 0 aliphatic carbocycles. The smallest absolute Gasteiger partial charge is 0.329 e. The first-order valence-electron chi connectivity index (χ1n) is 7.15. The summed E-state index contributed by atoms with van der Waals surface area (Å²) < 4.78 is 64.4. The van der Waals surface area contributed by atoms with Crippen molar-refractivity contribution in [3.8, 4) is 11.4 Å². The average molecular weight is 364 g/mol. The van der Waals surface area contributed by atoms with Gasteiger partial charge in [0.05, 0.1) is 19.4 Å². The van der Waals surface area contributed by atoms with Gasteiger partial charge in [0, 0.05) is 5.56 Å². The Labute approximate surface area is 136 Å². The molecule has 0 spiro atoms. The Morgan fingerprint density at radius 2 is 1.71 bits per heavy atom. The van der Waals surface area contributed by atoms with Gasteiger partial charge in [-0.2, -0.15) is 18.2 Å². The van der Waals surface area contributed by atoms with Crippen LogP contribution in [0.4, 0.5) is 13.2 Å². The van der Waals surface area contributed by atoms with E-state index in [1.807, 2.05) is 0 Å². The molecule has 132 valence electrons. The number of aromatic nitrogens is 2. The minimum atomic E-state index is -4.69. The van der Waals surface area contributed by atoms with Crippen LogP contribution in [0.25, 0.3) is 11.4 Å². The zero-order valence-corrected chi connectivity index (χ0v) is 13.9. The fourth-order valence-electron chi connectivity index (χ4n) is 1.96. The maximum atomic E-state index is 12.5. The predicted molar refractivity (Wildman–Crippen MR) is 79.3 cm³/mol. The molecular weight excluding hydrogens is 348 g/mol. The van der Waals surface area contributed by atoms with Crippen molar-refractivity contribution >= 4 is 7.60 Å². The molecule has 2 aromatic rings. The normalized spacial score (nSPS) is 12.5. The first-order valence-corrected chi connectivity index (χ1v) is 8.88. The Morgan fingerprint density at radius 1 is 1.12 bits per heavy atom. The molecule has 0 N–H and O–H groups in total. The standard InChI is InChI=1S/C14H16F3N2O4P/c1-3-21-24(20,22-4-2)9-10-5-7-11(8-6-10)12-18-13(23-19-12)14(15,16)17/h5-8H,3-4,9H2,1-2H3. The third-order valence-electron chi connectivity index (χ3n) is 2.91. The van der Waals surface area contributed by atoms with Crippen molar-refractivity contribution in [1.29, 1.82) is 0 Å². The molecule has 0 radical (unpaired) electrons. The molecule has 0 bridgehead atoms.